The van der Waals surface area contributed by atoms with Crippen LogP contribution >= 0.6 is 0 Å². The first-order chi connectivity index (χ1) is 8.24. The maximum absolute atomic E-state index is 5.69. The standard InChI is InChI=1S/C14H22N2O/c1-3-14-10-16(6-7-17-14)13-5-4-12(9-15)11(2)8-13/h4-5,8,14H,3,6-7,9-10,15H2,1-2H3. The van der Waals surface area contributed by atoms with Crippen LogP contribution in [0.1, 0.15) is 24.5 Å². The summed E-state index contributed by atoms with van der Waals surface area (Å²) in [5, 5.41) is 0. The Morgan fingerprint density at radius 2 is 2.29 bits per heavy atom. The van der Waals surface area contributed by atoms with Crippen LogP contribution in [0.2, 0.25) is 0 Å². The fraction of sp³-hybridized carbons (Fsp3) is 0.571. The first-order valence-corrected chi connectivity index (χ1v) is 6.40. The van der Waals surface area contributed by atoms with E-state index in [-0.39, 0.29) is 0 Å². The van der Waals surface area contributed by atoms with Crippen molar-refractivity contribution >= 4 is 5.69 Å². The highest BCUT2D eigenvalue weighted by Crippen LogP contribution is 2.22. The van der Waals surface area contributed by atoms with Gasteiger partial charge in [0, 0.05) is 25.3 Å². The summed E-state index contributed by atoms with van der Waals surface area (Å²) in [6.45, 7) is 7.74. The third-order valence-corrected chi connectivity index (χ3v) is 3.51. The van der Waals surface area contributed by atoms with Gasteiger partial charge in [0.1, 0.15) is 0 Å². The summed E-state index contributed by atoms with van der Waals surface area (Å²) >= 11 is 0. The predicted octanol–water partition coefficient (Wildman–Crippen LogP) is 2.07. The third kappa shape index (κ3) is 2.79. The molecule has 1 fully saturated rings. The van der Waals surface area contributed by atoms with Crippen LogP contribution < -0.4 is 10.6 Å². The average Bonchev–Trinajstić information content (AvgIpc) is 2.38. The maximum Gasteiger partial charge on any atom is 0.0748 e. The van der Waals surface area contributed by atoms with Crippen LogP contribution in [0.4, 0.5) is 5.69 Å². The van der Waals surface area contributed by atoms with Gasteiger partial charge < -0.3 is 15.4 Å². The molecule has 3 heteroatoms. The van der Waals surface area contributed by atoms with Gasteiger partial charge in [-0.1, -0.05) is 13.0 Å². The zero-order valence-corrected chi connectivity index (χ0v) is 10.8. The smallest absolute Gasteiger partial charge is 0.0748 e. The van der Waals surface area contributed by atoms with Crippen LogP contribution in [0.5, 0.6) is 0 Å². The number of nitrogens with zero attached hydrogens (tertiary/aromatic N) is 1. The van der Waals surface area contributed by atoms with Crippen molar-refractivity contribution in [3.05, 3.63) is 29.3 Å². The van der Waals surface area contributed by atoms with Crippen LogP contribution in [0.3, 0.4) is 0 Å². The Balaban J connectivity index is 2.13. The Hall–Kier alpha value is -1.06. The van der Waals surface area contributed by atoms with E-state index in [0.717, 1.165) is 26.1 Å². The zero-order chi connectivity index (χ0) is 12.3. The highest BCUT2D eigenvalue weighted by molar-refractivity contribution is 5.51. The summed E-state index contributed by atoms with van der Waals surface area (Å²) < 4.78 is 5.69. The zero-order valence-electron chi connectivity index (χ0n) is 10.8. The maximum atomic E-state index is 5.69. The molecule has 0 radical (unpaired) electrons. The minimum absolute atomic E-state index is 0.373. The molecule has 0 saturated carbocycles. The first-order valence-electron chi connectivity index (χ1n) is 6.40. The predicted molar refractivity (Wildman–Crippen MR) is 71.3 cm³/mol. The molecular formula is C14H22N2O. The molecule has 1 unspecified atom stereocenters. The Kier molecular flexibility index (Phi) is 4.02. The molecule has 1 aliphatic rings. The fourth-order valence-electron chi connectivity index (χ4n) is 2.31. The van der Waals surface area contributed by atoms with Crippen LogP contribution in [0.15, 0.2) is 18.2 Å². The van der Waals surface area contributed by atoms with Crippen molar-refractivity contribution in [2.75, 3.05) is 24.6 Å². The molecule has 1 atom stereocenters. The second kappa shape index (κ2) is 5.52. The summed E-state index contributed by atoms with van der Waals surface area (Å²) in [7, 11) is 0. The third-order valence-electron chi connectivity index (χ3n) is 3.51. The number of hydrogen-bond donors (Lipinski definition) is 1. The van der Waals surface area contributed by atoms with E-state index in [2.05, 4.69) is 36.9 Å². The van der Waals surface area contributed by atoms with E-state index in [1.165, 1.54) is 16.8 Å². The van der Waals surface area contributed by atoms with Crippen LogP contribution in [0.25, 0.3) is 0 Å². The number of rotatable bonds is 3. The van der Waals surface area contributed by atoms with Gasteiger partial charge in [0.15, 0.2) is 0 Å². The Bertz CT molecular complexity index is 378. The number of aryl methyl sites for hydroxylation is 1. The molecule has 1 heterocycles. The van der Waals surface area contributed by atoms with Crippen molar-refractivity contribution in [1.82, 2.24) is 0 Å². The van der Waals surface area contributed by atoms with Gasteiger partial charge in [0.2, 0.25) is 0 Å². The molecule has 1 aromatic rings. The minimum Gasteiger partial charge on any atom is -0.375 e. The summed E-state index contributed by atoms with van der Waals surface area (Å²) in [6.07, 6.45) is 1.45. The summed E-state index contributed by atoms with van der Waals surface area (Å²) in [5.74, 6) is 0. The van der Waals surface area contributed by atoms with E-state index in [1.54, 1.807) is 0 Å². The molecule has 0 aromatic heterocycles. The molecule has 0 bridgehead atoms. The van der Waals surface area contributed by atoms with Gasteiger partial charge in [-0.2, -0.15) is 0 Å². The summed E-state index contributed by atoms with van der Waals surface area (Å²) in [5.41, 5.74) is 9.49. The lowest BCUT2D eigenvalue weighted by Gasteiger charge is -2.34. The van der Waals surface area contributed by atoms with E-state index >= 15 is 0 Å². The van der Waals surface area contributed by atoms with Gasteiger partial charge in [-0.05, 0) is 36.6 Å². The molecule has 0 amide bonds. The van der Waals surface area contributed by atoms with Gasteiger partial charge in [-0.15, -0.1) is 0 Å². The Morgan fingerprint density at radius 3 is 2.94 bits per heavy atom. The van der Waals surface area contributed by atoms with E-state index in [9.17, 15) is 0 Å². The molecule has 0 aliphatic carbocycles. The van der Waals surface area contributed by atoms with Crippen LogP contribution in [0, 0.1) is 6.92 Å². The van der Waals surface area contributed by atoms with Crippen LogP contribution in [-0.4, -0.2) is 25.8 Å². The molecule has 1 aliphatic heterocycles. The minimum atomic E-state index is 0.373. The second-order valence-corrected chi connectivity index (χ2v) is 4.66. The molecule has 1 aromatic carbocycles. The monoisotopic (exact) mass is 234 g/mol. The van der Waals surface area contributed by atoms with Gasteiger partial charge in [0.05, 0.1) is 12.7 Å². The summed E-state index contributed by atoms with van der Waals surface area (Å²) in [4.78, 5) is 2.41. The molecule has 94 valence electrons. The highest BCUT2D eigenvalue weighted by atomic mass is 16.5. The molecule has 17 heavy (non-hydrogen) atoms. The molecule has 1 saturated heterocycles. The number of hydrogen-bond acceptors (Lipinski definition) is 3. The Morgan fingerprint density at radius 1 is 1.47 bits per heavy atom. The van der Waals surface area contributed by atoms with E-state index in [1.807, 2.05) is 0 Å². The Labute approximate surface area is 104 Å². The lowest BCUT2D eigenvalue weighted by atomic mass is 10.1. The van der Waals surface area contributed by atoms with E-state index in [4.69, 9.17) is 10.5 Å². The largest absolute Gasteiger partial charge is 0.375 e. The molecule has 3 nitrogen and oxygen atoms in total. The van der Waals surface area contributed by atoms with Gasteiger partial charge in [-0.3, -0.25) is 0 Å². The quantitative estimate of drug-likeness (QED) is 0.870. The van der Waals surface area contributed by atoms with E-state index in [0.29, 0.717) is 12.6 Å². The second-order valence-electron chi connectivity index (χ2n) is 4.66. The number of anilines is 1. The normalized spacial score (nSPS) is 20.6. The summed E-state index contributed by atoms with van der Waals surface area (Å²) in [6, 6.07) is 6.55. The average molecular weight is 234 g/mol. The van der Waals surface area contributed by atoms with Gasteiger partial charge in [0.25, 0.3) is 0 Å². The number of benzene rings is 1. The van der Waals surface area contributed by atoms with Gasteiger partial charge >= 0.3 is 0 Å². The van der Waals surface area contributed by atoms with E-state index < -0.39 is 0 Å². The lowest BCUT2D eigenvalue weighted by Crippen LogP contribution is -2.42. The fourth-order valence-corrected chi connectivity index (χ4v) is 2.31. The number of morpholine rings is 1. The first kappa shape index (κ1) is 12.4. The lowest BCUT2D eigenvalue weighted by molar-refractivity contribution is 0.0384. The highest BCUT2D eigenvalue weighted by Gasteiger charge is 2.19. The van der Waals surface area contributed by atoms with Crippen molar-refractivity contribution in [2.24, 2.45) is 5.73 Å². The number of ether oxygens (including phenoxy) is 1. The van der Waals surface area contributed by atoms with Crippen molar-refractivity contribution < 1.29 is 4.74 Å². The van der Waals surface area contributed by atoms with Crippen molar-refractivity contribution in [1.29, 1.82) is 0 Å². The van der Waals surface area contributed by atoms with Crippen molar-refractivity contribution in [2.45, 2.75) is 32.9 Å². The van der Waals surface area contributed by atoms with Crippen molar-refractivity contribution in [3.8, 4) is 0 Å². The molecule has 2 rings (SSSR count). The van der Waals surface area contributed by atoms with Crippen molar-refractivity contribution in [3.63, 3.8) is 0 Å². The molecule has 0 spiro atoms. The van der Waals surface area contributed by atoms with Crippen LogP contribution in [-0.2, 0) is 11.3 Å². The molecule has 2 N–H and O–H groups in total. The molecular weight excluding hydrogens is 212 g/mol. The topological polar surface area (TPSA) is 38.5 Å². The number of nitrogens with two attached hydrogens (primary N) is 1. The SMILES string of the molecule is CCC1CN(c2ccc(CN)c(C)c2)CCO1. The van der Waals surface area contributed by atoms with Gasteiger partial charge in [-0.25, -0.2) is 0 Å².